The van der Waals surface area contributed by atoms with Crippen LogP contribution >= 0.6 is 11.6 Å². The number of halogens is 2. The van der Waals surface area contributed by atoms with Crippen LogP contribution in [0.4, 0.5) is 4.39 Å². The van der Waals surface area contributed by atoms with Crippen LogP contribution in [0.5, 0.6) is 0 Å². The lowest BCUT2D eigenvalue weighted by atomic mass is 9.76. The van der Waals surface area contributed by atoms with E-state index in [1.54, 1.807) is 36.5 Å². The molecule has 1 aromatic heterocycles. The van der Waals surface area contributed by atoms with Crippen LogP contribution in [0.3, 0.4) is 0 Å². The molecule has 0 spiro atoms. The van der Waals surface area contributed by atoms with Gasteiger partial charge in [-0.25, -0.2) is 4.39 Å². The van der Waals surface area contributed by atoms with Gasteiger partial charge in [0.1, 0.15) is 5.82 Å². The molecular weight excluding hydrogens is 339 g/mol. The second-order valence-electron chi connectivity index (χ2n) is 6.78. The Hall–Kier alpha value is -1.94. The molecule has 0 bridgehead atoms. The molecule has 0 aliphatic heterocycles. The van der Waals surface area contributed by atoms with Gasteiger partial charge in [-0.2, -0.15) is 0 Å². The quantitative estimate of drug-likeness (QED) is 0.836. The van der Waals surface area contributed by atoms with E-state index in [1.165, 1.54) is 6.20 Å². The van der Waals surface area contributed by atoms with Gasteiger partial charge in [0, 0.05) is 22.8 Å². The van der Waals surface area contributed by atoms with E-state index in [9.17, 15) is 9.18 Å². The van der Waals surface area contributed by atoms with Gasteiger partial charge in [-0.1, -0.05) is 11.6 Å². The summed E-state index contributed by atoms with van der Waals surface area (Å²) in [6, 6.07) is 8.77. The molecule has 5 heteroatoms. The van der Waals surface area contributed by atoms with Crippen LogP contribution in [-0.4, -0.2) is 16.9 Å². The smallest absolute Gasteiger partial charge is 0.251 e. The monoisotopic (exact) mass is 360 g/mol. The standard InChI is InChI=1S/C20H22ClFN2O/c1-13(24-20(25)16-6-8-17(21)9-7-16)14-2-4-15(5-3-14)18-10-11-23-12-19(18)22/h6-15H,2-5H2,1H3,(H,24,25). The van der Waals surface area contributed by atoms with Gasteiger partial charge in [0.05, 0.1) is 6.20 Å². The first-order valence-electron chi connectivity index (χ1n) is 8.70. The second kappa shape index (κ2) is 7.96. The molecule has 1 aromatic carbocycles. The summed E-state index contributed by atoms with van der Waals surface area (Å²) in [6.07, 6.45) is 6.78. The number of hydrogen-bond acceptors (Lipinski definition) is 2. The zero-order valence-electron chi connectivity index (χ0n) is 14.2. The topological polar surface area (TPSA) is 42.0 Å². The average Bonchev–Trinajstić information content (AvgIpc) is 2.63. The van der Waals surface area contributed by atoms with Crippen LogP contribution in [0.25, 0.3) is 0 Å². The Balaban J connectivity index is 1.54. The summed E-state index contributed by atoms with van der Waals surface area (Å²) < 4.78 is 13.9. The van der Waals surface area contributed by atoms with Gasteiger partial charge in [-0.15, -0.1) is 0 Å². The predicted octanol–water partition coefficient (Wildman–Crippen LogP) is 4.97. The molecule has 2 aromatic rings. The van der Waals surface area contributed by atoms with Gasteiger partial charge in [-0.3, -0.25) is 9.78 Å². The second-order valence-corrected chi connectivity index (χ2v) is 7.21. The van der Waals surface area contributed by atoms with Gasteiger partial charge < -0.3 is 5.32 Å². The Morgan fingerprint density at radius 1 is 1.20 bits per heavy atom. The predicted molar refractivity (Wildman–Crippen MR) is 97.3 cm³/mol. The van der Waals surface area contributed by atoms with Crippen LogP contribution in [0.15, 0.2) is 42.7 Å². The zero-order valence-corrected chi connectivity index (χ0v) is 15.0. The minimum atomic E-state index is -0.213. The number of pyridine rings is 1. The van der Waals surface area contributed by atoms with Crippen molar-refractivity contribution in [3.05, 3.63) is 64.7 Å². The highest BCUT2D eigenvalue weighted by molar-refractivity contribution is 6.30. The Morgan fingerprint density at radius 2 is 1.88 bits per heavy atom. The van der Waals surface area contributed by atoms with E-state index in [0.717, 1.165) is 31.2 Å². The van der Waals surface area contributed by atoms with Crippen molar-refractivity contribution < 1.29 is 9.18 Å². The first-order valence-corrected chi connectivity index (χ1v) is 9.08. The summed E-state index contributed by atoms with van der Waals surface area (Å²) in [5.74, 6) is 0.373. The van der Waals surface area contributed by atoms with Gasteiger partial charge in [-0.05, 0) is 80.3 Å². The van der Waals surface area contributed by atoms with Crippen molar-refractivity contribution in [1.82, 2.24) is 10.3 Å². The first-order chi connectivity index (χ1) is 12.0. The minimum absolute atomic E-state index is 0.0773. The van der Waals surface area contributed by atoms with Crippen LogP contribution in [-0.2, 0) is 0 Å². The summed E-state index contributed by atoms with van der Waals surface area (Å²) in [4.78, 5) is 16.1. The third-order valence-electron chi connectivity index (χ3n) is 5.19. The minimum Gasteiger partial charge on any atom is -0.349 e. The number of carbonyl (C=O) groups is 1. The van der Waals surface area contributed by atoms with E-state index in [1.807, 2.05) is 6.92 Å². The molecule has 0 saturated heterocycles. The molecule has 3 rings (SSSR count). The molecule has 1 fully saturated rings. The van der Waals surface area contributed by atoms with Crippen LogP contribution in [0, 0.1) is 11.7 Å². The molecule has 132 valence electrons. The highest BCUT2D eigenvalue weighted by Gasteiger charge is 2.28. The Bertz CT molecular complexity index is 727. The van der Waals surface area contributed by atoms with E-state index < -0.39 is 0 Å². The fourth-order valence-corrected chi connectivity index (χ4v) is 3.78. The fourth-order valence-electron chi connectivity index (χ4n) is 3.66. The van der Waals surface area contributed by atoms with Gasteiger partial charge >= 0.3 is 0 Å². The van der Waals surface area contributed by atoms with Gasteiger partial charge in [0.25, 0.3) is 5.91 Å². The number of hydrogen-bond donors (Lipinski definition) is 1. The highest BCUT2D eigenvalue weighted by Crippen LogP contribution is 2.37. The normalized spacial score (nSPS) is 21.6. The van der Waals surface area contributed by atoms with E-state index in [4.69, 9.17) is 11.6 Å². The summed E-state index contributed by atoms with van der Waals surface area (Å²) in [6.45, 7) is 2.05. The van der Waals surface area contributed by atoms with E-state index in [-0.39, 0.29) is 23.7 Å². The zero-order chi connectivity index (χ0) is 17.8. The van der Waals surface area contributed by atoms with E-state index in [0.29, 0.717) is 16.5 Å². The molecule has 1 N–H and O–H groups in total. The molecule has 1 heterocycles. The van der Waals surface area contributed by atoms with E-state index in [2.05, 4.69) is 10.3 Å². The molecule has 1 unspecified atom stereocenters. The summed E-state index contributed by atoms with van der Waals surface area (Å²) in [5.41, 5.74) is 1.38. The Labute approximate surface area is 152 Å². The van der Waals surface area contributed by atoms with Crippen LogP contribution in [0.2, 0.25) is 5.02 Å². The third-order valence-corrected chi connectivity index (χ3v) is 5.44. The Morgan fingerprint density at radius 3 is 2.52 bits per heavy atom. The number of nitrogens with zero attached hydrogens (tertiary/aromatic N) is 1. The van der Waals surface area contributed by atoms with E-state index >= 15 is 0 Å². The average molecular weight is 361 g/mol. The number of benzene rings is 1. The lowest BCUT2D eigenvalue weighted by Gasteiger charge is -2.33. The van der Waals surface area contributed by atoms with Crippen molar-refractivity contribution in [3.63, 3.8) is 0 Å². The van der Waals surface area contributed by atoms with Crippen LogP contribution in [0.1, 0.15) is 54.4 Å². The SMILES string of the molecule is CC(NC(=O)c1ccc(Cl)cc1)C1CCC(c2ccncc2F)CC1. The molecule has 3 nitrogen and oxygen atoms in total. The summed E-state index contributed by atoms with van der Waals surface area (Å²) in [7, 11) is 0. The maximum absolute atomic E-state index is 13.9. The molecule has 1 amide bonds. The maximum atomic E-state index is 13.9. The van der Waals surface area contributed by atoms with Crippen molar-refractivity contribution in [1.29, 1.82) is 0 Å². The number of amides is 1. The third kappa shape index (κ3) is 4.37. The molecule has 0 radical (unpaired) electrons. The van der Waals surface area contributed by atoms with Crippen molar-refractivity contribution >= 4 is 17.5 Å². The molecule has 1 saturated carbocycles. The fraction of sp³-hybridized carbons (Fsp3) is 0.400. The number of rotatable bonds is 4. The highest BCUT2D eigenvalue weighted by atomic mass is 35.5. The Kier molecular flexibility index (Phi) is 5.69. The molecule has 25 heavy (non-hydrogen) atoms. The number of nitrogens with one attached hydrogen (secondary N) is 1. The largest absolute Gasteiger partial charge is 0.349 e. The van der Waals surface area contributed by atoms with Crippen molar-refractivity contribution in [2.45, 2.75) is 44.6 Å². The van der Waals surface area contributed by atoms with Crippen molar-refractivity contribution in [2.75, 3.05) is 0 Å². The van der Waals surface area contributed by atoms with Gasteiger partial charge in [0.2, 0.25) is 0 Å². The lowest BCUT2D eigenvalue weighted by molar-refractivity contribution is 0.0917. The molecular formula is C20H22ClFN2O. The molecule has 1 aliphatic carbocycles. The van der Waals surface area contributed by atoms with Gasteiger partial charge in [0.15, 0.2) is 0 Å². The van der Waals surface area contributed by atoms with Crippen molar-refractivity contribution in [2.24, 2.45) is 5.92 Å². The van der Waals surface area contributed by atoms with Crippen molar-refractivity contribution in [3.8, 4) is 0 Å². The number of carbonyl (C=O) groups excluding carboxylic acids is 1. The van der Waals surface area contributed by atoms with Crippen LogP contribution < -0.4 is 5.32 Å². The first kappa shape index (κ1) is 17.9. The maximum Gasteiger partial charge on any atom is 0.251 e. The lowest BCUT2D eigenvalue weighted by Crippen LogP contribution is -2.39. The molecule has 1 aliphatic rings. The number of aromatic nitrogens is 1. The molecule has 1 atom stereocenters. The summed E-state index contributed by atoms with van der Waals surface area (Å²) >= 11 is 5.86. The summed E-state index contributed by atoms with van der Waals surface area (Å²) in [5, 5.41) is 3.70.